The van der Waals surface area contributed by atoms with Crippen LogP contribution >= 0.6 is 0 Å². The van der Waals surface area contributed by atoms with Gasteiger partial charge in [0.15, 0.2) is 0 Å². The average Bonchev–Trinajstić information content (AvgIpc) is 2.31. The molecule has 0 amide bonds. The standard InChI is InChI=1S/C14H10N2/c1-9-10(2)14(8-16)12-6-4-3-5-11(12)13(9)7-15/h3-6H,1-2H3. The lowest BCUT2D eigenvalue weighted by Crippen LogP contribution is -1.95. The molecule has 0 saturated heterocycles. The molecule has 0 N–H and O–H groups in total. The molecule has 0 aromatic heterocycles. The second kappa shape index (κ2) is 3.68. The second-order valence-electron chi connectivity index (χ2n) is 3.77. The molecule has 2 aromatic rings. The number of nitrogens with zero attached hydrogens (tertiary/aromatic N) is 2. The summed E-state index contributed by atoms with van der Waals surface area (Å²) in [6, 6.07) is 12.0. The molecule has 0 aliphatic carbocycles. The van der Waals surface area contributed by atoms with E-state index in [4.69, 9.17) is 0 Å². The van der Waals surface area contributed by atoms with Gasteiger partial charge in [-0.05, 0) is 25.0 Å². The van der Waals surface area contributed by atoms with E-state index in [-0.39, 0.29) is 0 Å². The Hall–Kier alpha value is -2.32. The van der Waals surface area contributed by atoms with Crippen molar-refractivity contribution in [2.75, 3.05) is 0 Å². The van der Waals surface area contributed by atoms with Gasteiger partial charge in [0.2, 0.25) is 0 Å². The van der Waals surface area contributed by atoms with Crippen LogP contribution in [0.15, 0.2) is 24.3 Å². The van der Waals surface area contributed by atoms with Crippen molar-refractivity contribution in [3.8, 4) is 12.1 Å². The van der Waals surface area contributed by atoms with E-state index in [0.717, 1.165) is 21.9 Å². The molecule has 0 fully saturated rings. The van der Waals surface area contributed by atoms with Crippen LogP contribution < -0.4 is 0 Å². The van der Waals surface area contributed by atoms with E-state index < -0.39 is 0 Å². The van der Waals surface area contributed by atoms with Crippen molar-refractivity contribution in [3.05, 3.63) is 46.5 Å². The Balaban J connectivity index is 3.10. The van der Waals surface area contributed by atoms with E-state index in [1.54, 1.807) is 0 Å². The van der Waals surface area contributed by atoms with E-state index in [1.165, 1.54) is 0 Å². The third-order valence-corrected chi connectivity index (χ3v) is 3.00. The van der Waals surface area contributed by atoms with Crippen molar-refractivity contribution in [2.45, 2.75) is 13.8 Å². The molecule has 2 rings (SSSR count). The molecule has 0 spiro atoms. The van der Waals surface area contributed by atoms with Gasteiger partial charge < -0.3 is 0 Å². The summed E-state index contributed by atoms with van der Waals surface area (Å²) in [5, 5.41) is 20.1. The molecule has 0 aliphatic rings. The fourth-order valence-electron chi connectivity index (χ4n) is 1.99. The van der Waals surface area contributed by atoms with Crippen LogP contribution in [0.5, 0.6) is 0 Å². The Kier molecular flexibility index (Phi) is 2.35. The van der Waals surface area contributed by atoms with Crippen molar-refractivity contribution in [2.24, 2.45) is 0 Å². The molecule has 76 valence electrons. The summed E-state index contributed by atoms with van der Waals surface area (Å²) < 4.78 is 0. The molecular formula is C14H10N2. The van der Waals surface area contributed by atoms with Crippen LogP contribution in [0.1, 0.15) is 22.3 Å². The highest BCUT2D eigenvalue weighted by molar-refractivity contribution is 5.94. The van der Waals surface area contributed by atoms with Gasteiger partial charge in [0.25, 0.3) is 0 Å². The minimum absolute atomic E-state index is 0.673. The Labute approximate surface area is 94.4 Å². The van der Waals surface area contributed by atoms with Crippen LogP contribution in [0.4, 0.5) is 0 Å². The van der Waals surface area contributed by atoms with Crippen LogP contribution in [-0.2, 0) is 0 Å². The van der Waals surface area contributed by atoms with Gasteiger partial charge in [-0.15, -0.1) is 0 Å². The highest BCUT2D eigenvalue weighted by atomic mass is 14.3. The van der Waals surface area contributed by atoms with Gasteiger partial charge >= 0.3 is 0 Å². The fourth-order valence-corrected chi connectivity index (χ4v) is 1.99. The summed E-state index contributed by atoms with van der Waals surface area (Å²) >= 11 is 0. The molecule has 0 bridgehead atoms. The van der Waals surface area contributed by atoms with Gasteiger partial charge in [0.05, 0.1) is 11.1 Å². The number of nitriles is 2. The lowest BCUT2D eigenvalue weighted by Gasteiger charge is -2.10. The maximum Gasteiger partial charge on any atom is 0.100 e. The molecule has 0 heterocycles. The van der Waals surface area contributed by atoms with Crippen LogP contribution in [0.3, 0.4) is 0 Å². The zero-order valence-electron chi connectivity index (χ0n) is 9.20. The first-order valence-electron chi connectivity index (χ1n) is 5.02. The average molecular weight is 206 g/mol. The van der Waals surface area contributed by atoms with Gasteiger partial charge in [-0.25, -0.2) is 0 Å². The van der Waals surface area contributed by atoms with Crippen molar-refractivity contribution >= 4 is 10.8 Å². The minimum Gasteiger partial charge on any atom is -0.192 e. The maximum atomic E-state index is 9.17. The normalized spacial score (nSPS) is 9.75. The minimum atomic E-state index is 0.673. The Morgan fingerprint density at radius 2 is 1.19 bits per heavy atom. The number of hydrogen-bond acceptors (Lipinski definition) is 2. The topological polar surface area (TPSA) is 47.6 Å². The van der Waals surface area contributed by atoms with Crippen molar-refractivity contribution in [1.29, 1.82) is 10.5 Å². The quantitative estimate of drug-likeness (QED) is 0.664. The van der Waals surface area contributed by atoms with Gasteiger partial charge in [0, 0.05) is 10.8 Å². The molecule has 0 unspecified atom stereocenters. The second-order valence-corrected chi connectivity index (χ2v) is 3.77. The third-order valence-electron chi connectivity index (χ3n) is 3.00. The predicted molar refractivity (Wildman–Crippen MR) is 62.9 cm³/mol. The molecule has 0 atom stereocenters. The van der Waals surface area contributed by atoms with Crippen molar-refractivity contribution in [1.82, 2.24) is 0 Å². The number of rotatable bonds is 0. The zero-order valence-corrected chi connectivity index (χ0v) is 9.20. The van der Waals surface area contributed by atoms with E-state index in [9.17, 15) is 10.5 Å². The Morgan fingerprint density at radius 3 is 1.50 bits per heavy atom. The molecule has 0 aliphatic heterocycles. The smallest absolute Gasteiger partial charge is 0.100 e. The van der Waals surface area contributed by atoms with E-state index in [2.05, 4.69) is 12.1 Å². The van der Waals surface area contributed by atoms with Crippen LogP contribution in [-0.4, -0.2) is 0 Å². The molecule has 2 aromatic carbocycles. The highest BCUT2D eigenvalue weighted by Gasteiger charge is 2.12. The molecular weight excluding hydrogens is 196 g/mol. The van der Waals surface area contributed by atoms with Crippen LogP contribution in [0.25, 0.3) is 10.8 Å². The largest absolute Gasteiger partial charge is 0.192 e. The maximum absolute atomic E-state index is 9.17. The SMILES string of the molecule is Cc1c(C)c(C#N)c2ccccc2c1C#N. The lowest BCUT2D eigenvalue weighted by molar-refractivity contribution is 1.31. The first-order valence-corrected chi connectivity index (χ1v) is 5.02. The summed E-state index contributed by atoms with van der Waals surface area (Å²) in [5.41, 5.74) is 3.15. The molecule has 2 nitrogen and oxygen atoms in total. The van der Waals surface area contributed by atoms with E-state index >= 15 is 0 Å². The number of fused-ring (bicyclic) bond motifs is 1. The van der Waals surface area contributed by atoms with Gasteiger partial charge in [-0.3, -0.25) is 0 Å². The molecule has 16 heavy (non-hydrogen) atoms. The molecule has 0 saturated carbocycles. The first kappa shape index (κ1) is 10.2. The van der Waals surface area contributed by atoms with E-state index in [1.807, 2.05) is 38.1 Å². The van der Waals surface area contributed by atoms with Crippen molar-refractivity contribution < 1.29 is 0 Å². The van der Waals surface area contributed by atoms with Gasteiger partial charge in [-0.2, -0.15) is 10.5 Å². The first-order chi connectivity index (χ1) is 7.70. The monoisotopic (exact) mass is 206 g/mol. The molecule has 2 heteroatoms. The molecule has 0 radical (unpaired) electrons. The van der Waals surface area contributed by atoms with Gasteiger partial charge in [0.1, 0.15) is 12.1 Å². The fraction of sp³-hybridized carbons (Fsp3) is 0.143. The third kappa shape index (κ3) is 1.25. The Bertz CT molecular complexity index is 596. The number of benzene rings is 2. The lowest BCUT2D eigenvalue weighted by atomic mass is 9.91. The highest BCUT2D eigenvalue weighted by Crippen LogP contribution is 2.28. The summed E-state index contributed by atoms with van der Waals surface area (Å²) in [4.78, 5) is 0. The van der Waals surface area contributed by atoms with Gasteiger partial charge in [-0.1, -0.05) is 24.3 Å². The number of hydrogen-bond donors (Lipinski definition) is 0. The van der Waals surface area contributed by atoms with Crippen LogP contribution in [0, 0.1) is 36.5 Å². The predicted octanol–water partition coefficient (Wildman–Crippen LogP) is 3.20. The zero-order chi connectivity index (χ0) is 11.7. The summed E-state index contributed by atoms with van der Waals surface area (Å²) in [5.74, 6) is 0. The summed E-state index contributed by atoms with van der Waals surface area (Å²) in [7, 11) is 0. The van der Waals surface area contributed by atoms with Crippen LogP contribution in [0.2, 0.25) is 0 Å². The summed E-state index contributed by atoms with van der Waals surface area (Å²) in [6.07, 6.45) is 0. The summed E-state index contributed by atoms with van der Waals surface area (Å²) in [6.45, 7) is 3.78. The van der Waals surface area contributed by atoms with E-state index in [0.29, 0.717) is 11.1 Å². The van der Waals surface area contributed by atoms with Crippen molar-refractivity contribution in [3.63, 3.8) is 0 Å². The Morgan fingerprint density at radius 1 is 0.812 bits per heavy atom.